The molecule has 23 heavy (non-hydrogen) atoms. The first-order valence-electron chi connectivity index (χ1n) is 7.96. The van der Waals surface area contributed by atoms with Gasteiger partial charge in [-0.25, -0.2) is 0 Å². The van der Waals surface area contributed by atoms with Crippen LogP contribution in [0.4, 0.5) is 0 Å². The maximum Gasteiger partial charge on any atom is 0.167 e. The van der Waals surface area contributed by atoms with Gasteiger partial charge in [0.05, 0.1) is 5.69 Å². The Kier molecular flexibility index (Phi) is 4.74. The van der Waals surface area contributed by atoms with Gasteiger partial charge in [0.25, 0.3) is 0 Å². The molecule has 0 amide bonds. The highest BCUT2D eigenvalue weighted by Crippen LogP contribution is 2.29. The number of thiophene rings is 1. The average molecular weight is 326 g/mol. The van der Waals surface area contributed by atoms with Gasteiger partial charge in [-0.15, -0.1) is 11.3 Å². The summed E-state index contributed by atoms with van der Waals surface area (Å²) in [6.07, 6.45) is 4.75. The van der Waals surface area contributed by atoms with E-state index in [0.29, 0.717) is 6.54 Å². The number of likely N-dealkylation sites (tertiary alicyclic amines) is 1. The van der Waals surface area contributed by atoms with Crippen LogP contribution in [0.2, 0.25) is 0 Å². The number of pyridine rings is 1. The van der Waals surface area contributed by atoms with Crippen molar-refractivity contribution in [2.24, 2.45) is 5.41 Å². The van der Waals surface area contributed by atoms with Gasteiger partial charge < -0.3 is 0 Å². The molecule has 0 atom stereocenters. The van der Waals surface area contributed by atoms with E-state index in [1.807, 2.05) is 38.1 Å². The van der Waals surface area contributed by atoms with E-state index in [1.54, 1.807) is 17.5 Å². The zero-order chi connectivity index (χ0) is 16.3. The number of hydrogen-bond acceptors (Lipinski definition) is 4. The zero-order valence-electron chi connectivity index (χ0n) is 13.7. The van der Waals surface area contributed by atoms with Crippen LogP contribution in [0.3, 0.4) is 0 Å². The molecular weight excluding hydrogens is 304 g/mol. The van der Waals surface area contributed by atoms with Gasteiger partial charge in [0, 0.05) is 41.7 Å². The van der Waals surface area contributed by atoms with Gasteiger partial charge >= 0.3 is 0 Å². The third-order valence-electron chi connectivity index (χ3n) is 4.18. The van der Waals surface area contributed by atoms with Crippen molar-refractivity contribution in [1.82, 2.24) is 9.88 Å². The summed E-state index contributed by atoms with van der Waals surface area (Å²) >= 11 is 1.80. The van der Waals surface area contributed by atoms with E-state index in [-0.39, 0.29) is 11.2 Å². The van der Waals surface area contributed by atoms with Gasteiger partial charge in [-0.05, 0) is 36.1 Å². The first-order chi connectivity index (χ1) is 11.0. The number of hydrogen-bond donors (Lipinski definition) is 0. The third kappa shape index (κ3) is 3.95. The van der Waals surface area contributed by atoms with Crippen LogP contribution in [0.5, 0.6) is 0 Å². The zero-order valence-corrected chi connectivity index (χ0v) is 14.5. The maximum atomic E-state index is 12.7. The SMILES string of the molecule is CC1(C)CN(CCc2cccs2)C/C(=C/c2ccccn2)C1=O. The number of ketones is 1. The van der Waals surface area contributed by atoms with Crippen molar-refractivity contribution >= 4 is 23.2 Å². The summed E-state index contributed by atoms with van der Waals surface area (Å²) in [5.41, 5.74) is 1.38. The maximum absolute atomic E-state index is 12.7. The molecule has 1 aliphatic heterocycles. The number of carbonyl (C=O) groups is 1. The van der Waals surface area contributed by atoms with Gasteiger partial charge in [0.1, 0.15) is 0 Å². The lowest BCUT2D eigenvalue weighted by Gasteiger charge is -2.38. The Morgan fingerprint density at radius 3 is 2.87 bits per heavy atom. The van der Waals surface area contributed by atoms with E-state index in [4.69, 9.17) is 0 Å². The molecule has 3 rings (SSSR count). The van der Waals surface area contributed by atoms with Gasteiger partial charge in [0.15, 0.2) is 5.78 Å². The second-order valence-corrected chi connectivity index (χ2v) is 7.71. The molecule has 120 valence electrons. The lowest BCUT2D eigenvalue weighted by atomic mass is 9.79. The fourth-order valence-corrected chi connectivity index (χ4v) is 3.76. The minimum Gasteiger partial charge on any atom is -0.298 e. The molecule has 4 heteroatoms. The second-order valence-electron chi connectivity index (χ2n) is 6.68. The molecule has 0 aromatic carbocycles. The molecule has 0 N–H and O–H groups in total. The molecule has 3 heterocycles. The Labute approximate surface area is 141 Å². The van der Waals surface area contributed by atoms with Crippen molar-refractivity contribution < 1.29 is 4.79 Å². The molecule has 1 aliphatic rings. The Bertz CT molecular complexity index is 689. The Balaban J connectivity index is 1.76. The predicted molar refractivity (Wildman–Crippen MR) is 95.5 cm³/mol. The summed E-state index contributed by atoms with van der Waals surface area (Å²) in [6.45, 7) is 6.59. The smallest absolute Gasteiger partial charge is 0.167 e. The van der Waals surface area contributed by atoms with E-state index in [1.165, 1.54) is 4.88 Å². The van der Waals surface area contributed by atoms with Crippen molar-refractivity contribution in [3.8, 4) is 0 Å². The number of piperidine rings is 1. The normalized spacial score (nSPS) is 20.1. The highest BCUT2D eigenvalue weighted by atomic mass is 32.1. The van der Waals surface area contributed by atoms with Crippen LogP contribution < -0.4 is 0 Å². The fourth-order valence-electron chi connectivity index (χ4n) is 3.07. The molecule has 0 unspecified atom stereocenters. The quantitative estimate of drug-likeness (QED) is 0.804. The van der Waals surface area contributed by atoms with E-state index in [0.717, 1.165) is 30.8 Å². The molecular formula is C19H22N2OS. The Morgan fingerprint density at radius 2 is 2.17 bits per heavy atom. The van der Waals surface area contributed by atoms with E-state index < -0.39 is 0 Å². The van der Waals surface area contributed by atoms with E-state index in [2.05, 4.69) is 27.4 Å². The summed E-state index contributed by atoms with van der Waals surface area (Å²) in [4.78, 5) is 20.8. The predicted octanol–water partition coefficient (Wildman–Crippen LogP) is 3.68. The number of rotatable bonds is 4. The van der Waals surface area contributed by atoms with Crippen molar-refractivity contribution in [3.63, 3.8) is 0 Å². The summed E-state index contributed by atoms with van der Waals surface area (Å²) < 4.78 is 0. The van der Waals surface area contributed by atoms with Crippen LogP contribution in [-0.2, 0) is 11.2 Å². The highest BCUT2D eigenvalue weighted by molar-refractivity contribution is 7.09. The van der Waals surface area contributed by atoms with E-state index in [9.17, 15) is 4.79 Å². The molecule has 0 radical (unpaired) electrons. The second kappa shape index (κ2) is 6.77. The third-order valence-corrected chi connectivity index (χ3v) is 5.12. The minimum atomic E-state index is -0.339. The van der Waals surface area contributed by atoms with Crippen LogP contribution in [0.25, 0.3) is 6.08 Å². The van der Waals surface area contributed by atoms with Gasteiger partial charge in [-0.3, -0.25) is 14.7 Å². The Hall–Kier alpha value is -1.78. The molecule has 0 spiro atoms. The van der Waals surface area contributed by atoms with Gasteiger partial charge in [-0.1, -0.05) is 26.0 Å². The highest BCUT2D eigenvalue weighted by Gasteiger charge is 2.37. The largest absolute Gasteiger partial charge is 0.298 e. The summed E-state index contributed by atoms with van der Waals surface area (Å²) in [5, 5.41) is 2.12. The molecule has 1 saturated heterocycles. The van der Waals surface area contributed by atoms with Crippen LogP contribution in [0.1, 0.15) is 24.4 Å². The van der Waals surface area contributed by atoms with E-state index >= 15 is 0 Å². The van der Waals surface area contributed by atoms with Crippen LogP contribution in [0.15, 0.2) is 47.5 Å². The average Bonchev–Trinajstić information content (AvgIpc) is 3.04. The molecule has 0 bridgehead atoms. The van der Waals surface area contributed by atoms with Crippen LogP contribution in [0, 0.1) is 5.41 Å². The number of nitrogens with zero attached hydrogens (tertiary/aromatic N) is 2. The number of aromatic nitrogens is 1. The van der Waals surface area contributed by atoms with Crippen LogP contribution in [-0.4, -0.2) is 35.3 Å². The Morgan fingerprint density at radius 1 is 1.30 bits per heavy atom. The monoisotopic (exact) mass is 326 g/mol. The fraction of sp³-hybridized carbons (Fsp3) is 0.368. The lowest BCUT2D eigenvalue weighted by Crippen LogP contribution is -2.48. The standard InChI is InChI=1S/C19H22N2OS/c1-19(2)14-21(10-8-17-7-5-11-23-17)13-15(18(19)22)12-16-6-3-4-9-20-16/h3-7,9,11-12H,8,10,13-14H2,1-2H3/b15-12-. The van der Waals surface area contributed by atoms with Crippen molar-refractivity contribution in [2.75, 3.05) is 19.6 Å². The molecule has 2 aromatic heterocycles. The molecule has 0 saturated carbocycles. The topological polar surface area (TPSA) is 33.2 Å². The molecule has 2 aromatic rings. The first kappa shape index (κ1) is 16.1. The first-order valence-corrected chi connectivity index (χ1v) is 8.84. The van der Waals surface area contributed by atoms with Crippen molar-refractivity contribution in [3.05, 3.63) is 58.1 Å². The minimum absolute atomic E-state index is 0.246. The van der Waals surface area contributed by atoms with Gasteiger partial charge in [-0.2, -0.15) is 0 Å². The van der Waals surface area contributed by atoms with Gasteiger partial charge in [0.2, 0.25) is 0 Å². The lowest BCUT2D eigenvalue weighted by molar-refractivity contribution is -0.126. The summed E-state index contributed by atoms with van der Waals surface area (Å²) in [5.74, 6) is 0.246. The molecule has 0 aliphatic carbocycles. The number of carbonyl (C=O) groups excluding carboxylic acids is 1. The van der Waals surface area contributed by atoms with Crippen molar-refractivity contribution in [2.45, 2.75) is 20.3 Å². The summed E-state index contributed by atoms with van der Waals surface area (Å²) in [6, 6.07) is 10.1. The molecule has 1 fully saturated rings. The van der Waals surface area contributed by atoms with Crippen molar-refractivity contribution in [1.29, 1.82) is 0 Å². The van der Waals surface area contributed by atoms with Crippen LogP contribution >= 0.6 is 11.3 Å². The summed E-state index contributed by atoms with van der Waals surface area (Å²) in [7, 11) is 0. The molecule has 3 nitrogen and oxygen atoms in total. The number of Topliss-reactive ketones (excluding diaryl/α,β-unsaturated/α-hetero) is 1.